The summed E-state index contributed by atoms with van der Waals surface area (Å²) in [6, 6.07) is 4.25. The van der Waals surface area contributed by atoms with Crippen LogP contribution in [0.4, 0.5) is 0 Å². The van der Waals surface area contributed by atoms with Gasteiger partial charge in [-0.2, -0.15) is 0 Å². The molecule has 1 unspecified atom stereocenters. The quantitative estimate of drug-likeness (QED) is 0.779. The average molecular weight is 228 g/mol. The summed E-state index contributed by atoms with van der Waals surface area (Å²) in [5.74, 6) is 0. The Morgan fingerprint density at radius 1 is 1.47 bits per heavy atom. The highest BCUT2D eigenvalue weighted by molar-refractivity contribution is 6.30. The van der Waals surface area contributed by atoms with Crippen molar-refractivity contribution in [2.24, 2.45) is 0 Å². The van der Waals surface area contributed by atoms with Crippen molar-refractivity contribution in [3.8, 4) is 0 Å². The van der Waals surface area contributed by atoms with Crippen molar-refractivity contribution in [2.45, 2.75) is 26.4 Å². The lowest BCUT2D eigenvalue weighted by Gasteiger charge is -2.13. The zero-order valence-corrected chi connectivity index (χ0v) is 10.0. The number of nitrogens with zero attached hydrogens (tertiary/aromatic N) is 1. The van der Waals surface area contributed by atoms with Crippen molar-refractivity contribution in [1.29, 1.82) is 0 Å². The lowest BCUT2D eigenvalue weighted by molar-refractivity contribution is 0.505. The molecule has 2 N–H and O–H groups in total. The van der Waals surface area contributed by atoms with Gasteiger partial charge in [0.1, 0.15) is 0 Å². The van der Waals surface area contributed by atoms with E-state index in [0.29, 0.717) is 11.1 Å². The zero-order valence-electron chi connectivity index (χ0n) is 9.26. The number of halogens is 1. The molecule has 1 heterocycles. The van der Waals surface area contributed by atoms with Crippen LogP contribution in [0.5, 0.6) is 0 Å². The van der Waals surface area contributed by atoms with Crippen molar-refractivity contribution >= 4 is 11.6 Å². The Bertz CT molecular complexity index is 274. The van der Waals surface area contributed by atoms with Crippen molar-refractivity contribution in [3.05, 3.63) is 29.0 Å². The van der Waals surface area contributed by atoms with E-state index >= 15 is 0 Å². The first kappa shape index (κ1) is 12.4. The fourth-order valence-corrected chi connectivity index (χ4v) is 1.33. The minimum absolute atomic E-state index is 0.447. The summed E-state index contributed by atoms with van der Waals surface area (Å²) in [4.78, 5) is 4.22. The van der Waals surface area contributed by atoms with Gasteiger partial charge in [-0.25, -0.2) is 0 Å². The van der Waals surface area contributed by atoms with Crippen LogP contribution in [-0.2, 0) is 6.54 Å². The van der Waals surface area contributed by atoms with Gasteiger partial charge in [-0.05, 0) is 25.6 Å². The van der Waals surface area contributed by atoms with E-state index in [-0.39, 0.29) is 0 Å². The van der Waals surface area contributed by atoms with Crippen LogP contribution >= 0.6 is 11.6 Å². The Kier molecular flexibility index (Phi) is 5.61. The molecule has 84 valence electrons. The highest BCUT2D eigenvalue weighted by Gasteiger charge is 2.00. The van der Waals surface area contributed by atoms with Gasteiger partial charge in [0, 0.05) is 25.3 Å². The fourth-order valence-electron chi connectivity index (χ4n) is 1.22. The molecule has 0 radical (unpaired) electrons. The van der Waals surface area contributed by atoms with Gasteiger partial charge in [0.05, 0.1) is 10.7 Å². The molecule has 0 saturated heterocycles. The molecule has 1 aromatic rings. The maximum Gasteiger partial charge on any atom is 0.0589 e. The largest absolute Gasteiger partial charge is 0.315 e. The topological polar surface area (TPSA) is 37.0 Å². The number of likely N-dealkylation sites (N-methyl/N-ethyl adjacent to an activating group) is 1. The Hall–Kier alpha value is -0.640. The van der Waals surface area contributed by atoms with Crippen LogP contribution in [0.2, 0.25) is 5.02 Å². The van der Waals surface area contributed by atoms with E-state index in [4.69, 9.17) is 11.6 Å². The summed E-state index contributed by atoms with van der Waals surface area (Å²) in [5, 5.41) is 7.35. The second-order valence-electron chi connectivity index (χ2n) is 3.56. The third kappa shape index (κ3) is 5.11. The predicted octanol–water partition coefficient (Wildman–Crippen LogP) is 1.82. The highest BCUT2D eigenvalue weighted by Crippen LogP contribution is 2.05. The summed E-state index contributed by atoms with van der Waals surface area (Å²) >= 11 is 5.75. The molecule has 0 bridgehead atoms. The van der Waals surface area contributed by atoms with Gasteiger partial charge in [0.15, 0.2) is 0 Å². The molecule has 1 rings (SSSR count). The van der Waals surface area contributed by atoms with Gasteiger partial charge in [0.25, 0.3) is 0 Å². The van der Waals surface area contributed by atoms with Crippen molar-refractivity contribution in [1.82, 2.24) is 15.6 Å². The average Bonchev–Trinajstić information content (AvgIpc) is 2.25. The maximum absolute atomic E-state index is 5.75. The monoisotopic (exact) mass is 227 g/mol. The first-order chi connectivity index (χ1) is 7.22. The molecule has 0 aromatic carbocycles. The van der Waals surface area contributed by atoms with Crippen molar-refractivity contribution in [2.75, 3.05) is 13.1 Å². The Morgan fingerprint density at radius 3 is 2.87 bits per heavy atom. The normalized spacial score (nSPS) is 12.7. The summed E-state index contributed by atoms with van der Waals surface area (Å²) < 4.78 is 0. The molecule has 15 heavy (non-hydrogen) atoms. The molecule has 0 saturated carbocycles. The third-order valence-electron chi connectivity index (χ3n) is 2.12. The second kappa shape index (κ2) is 6.77. The van der Waals surface area contributed by atoms with E-state index in [1.54, 1.807) is 6.20 Å². The molecule has 0 aliphatic heterocycles. The Labute approximate surface area is 96.2 Å². The first-order valence-electron chi connectivity index (χ1n) is 5.27. The molecule has 0 fully saturated rings. The summed E-state index contributed by atoms with van der Waals surface area (Å²) in [7, 11) is 0. The molecular formula is C11H18ClN3. The van der Waals surface area contributed by atoms with Crippen LogP contribution in [0.15, 0.2) is 18.3 Å². The SMILES string of the molecule is CCNCC(C)NCc1ccc(Cl)cn1. The van der Waals surface area contributed by atoms with Crippen molar-refractivity contribution < 1.29 is 0 Å². The van der Waals surface area contributed by atoms with E-state index in [0.717, 1.165) is 25.3 Å². The van der Waals surface area contributed by atoms with Crippen LogP contribution in [0.1, 0.15) is 19.5 Å². The standard InChI is InChI=1S/C11H18ClN3/c1-3-13-6-9(2)14-8-11-5-4-10(12)7-15-11/h4-5,7,9,13-14H,3,6,8H2,1-2H3. The van der Waals surface area contributed by atoms with Crippen molar-refractivity contribution in [3.63, 3.8) is 0 Å². The van der Waals surface area contributed by atoms with Gasteiger partial charge in [-0.15, -0.1) is 0 Å². The first-order valence-corrected chi connectivity index (χ1v) is 5.64. The predicted molar refractivity (Wildman–Crippen MR) is 64.1 cm³/mol. The molecule has 3 nitrogen and oxygen atoms in total. The number of rotatable bonds is 6. The second-order valence-corrected chi connectivity index (χ2v) is 3.99. The minimum Gasteiger partial charge on any atom is -0.315 e. The maximum atomic E-state index is 5.75. The van der Waals surface area contributed by atoms with Gasteiger partial charge in [0.2, 0.25) is 0 Å². The minimum atomic E-state index is 0.447. The summed E-state index contributed by atoms with van der Waals surface area (Å²) in [5.41, 5.74) is 1.02. The van der Waals surface area contributed by atoms with Gasteiger partial charge in [-0.3, -0.25) is 4.98 Å². The van der Waals surface area contributed by atoms with E-state index in [9.17, 15) is 0 Å². The molecule has 0 amide bonds. The number of nitrogens with one attached hydrogen (secondary N) is 2. The van der Waals surface area contributed by atoms with Crippen LogP contribution < -0.4 is 10.6 Å². The number of hydrogen-bond acceptors (Lipinski definition) is 3. The van der Waals surface area contributed by atoms with E-state index < -0.39 is 0 Å². The lowest BCUT2D eigenvalue weighted by Crippen LogP contribution is -2.35. The van der Waals surface area contributed by atoms with Crippen LogP contribution in [0.25, 0.3) is 0 Å². The summed E-state index contributed by atoms with van der Waals surface area (Å²) in [6.45, 7) is 7.02. The van der Waals surface area contributed by atoms with Gasteiger partial charge in [-0.1, -0.05) is 18.5 Å². The van der Waals surface area contributed by atoms with E-state index in [2.05, 4.69) is 29.5 Å². The van der Waals surface area contributed by atoms with E-state index in [1.165, 1.54) is 0 Å². The smallest absolute Gasteiger partial charge is 0.0589 e. The molecule has 0 aliphatic carbocycles. The zero-order chi connectivity index (χ0) is 11.1. The highest BCUT2D eigenvalue weighted by atomic mass is 35.5. The number of hydrogen-bond donors (Lipinski definition) is 2. The van der Waals surface area contributed by atoms with Gasteiger partial charge < -0.3 is 10.6 Å². The third-order valence-corrected chi connectivity index (χ3v) is 2.34. The van der Waals surface area contributed by atoms with Crippen LogP contribution in [-0.4, -0.2) is 24.1 Å². The molecule has 4 heteroatoms. The fraction of sp³-hybridized carbons (Fsp3) is 0.545. The lowest BCUT2D eigenvalue weighted by atomic mass is 10.3. The van der Waals surface area contributed by atoms with Gasteiger partial charge >= 0.3 is 0 Å². The molecule has 0 aliphatic rings. The van der Waals surface area contributed by atoms with E-state index in [1.807, 2.05) is 12.1 Å². The van der Waals surface area contributed by atoms with Crippen LogP contribution in [0.3, 0.4) is 0 Å². The van der Waals surface area contributed by atoms with Crippen LogP contribution in [0, 0.1) is 0 Å². The molecular weight excluding hydrogens is 210 g/mol. The molecule has 1 atom stereocenters. The Balaban J connectivity index is 2.27. The number of aromatic nitrogens is 1. The number of pyridine rings is 1. The summed E-state index contributed by atoms with van der Waals surface area (Å²) in [6.07, 6.45) is 1.67. The molecule has 1 aromatic heterocycles. The molecule has 0 spiro atoms. The Morgan fingerprint density at radius 2 is 2.27 bits per heavy atom.